The molecular formula is C13H22N2OS. The predicted molar refractivity (Wildman–Crippen MR) is 71.9 cm³/mol. The van der Waals surface area contributed by atoms with Gasteiger partial charge in [-0.3, -0.25) is 11.3 Å². The van der Waals surface area contributed by atoms with Crippen molar-refractivity contribution in [1.29, 1.82) is 0 Å². The molecule has 1 atom stereocenters. The van der Waals surface area contributed by atoms with E-state index in [-0.39, 0.29) is 0 Å². The van der Waals surface area contributed by atoms with E-state index >= 15 is 0 Å². The first-order valence-electron chi connectivity index (χ1n) is 6.40. The van der Waals surface area contributed by atoms with E-state index in [1.54, 1.807) is 11.3 Å². The van der Waals surface area contributed by atoms with Gasteiger partial charge in [-0.15, -0.1) is 0 Å². The lowest BCUT2D eigenvalue weighted by Crippen LogP contribution is -2.42. The monoisotopic (exact) mass is 254 g/mol. The minimum atomic E-state index is 0.400. The van der Waals surface area contributed by atoms with Gasteiger partial charge in [0.25, 0.3) is 0 Å². The summed E-state index contributed by atoms with van der Waals surface area (Å²) in [6, 6.07) is 2.58. The molecule has 1 fully saturated rings. The molecule has 1 aromatic heterocycles. The van der Waals surface area contributed by atoms with Gasteiger partial charge < -0.3 is 4.74 Å². The number of rotatable bonds is 7. The van der Waals surface area contributed by atoms with Crippen LogP contribution in [0, 0.1) is 5.92 Å². The molecule has 96 valence electrons. The maximum absolute atomic E-state index is 5.63. The van der Waals surface area contributed by atoms with Crippen LogP contribution in [-0.4, -0.2) is 18.8 Å². The molecule has 0 saturated heterocycles. The lowest BCUT2D eigenvalue weighted by atomic mass is 9.77. The Labute approximate surface area is 107 Å². The Morgan fingerprint density at radius 3 is 3.00 bits per heavy atom. The van der Waals surface area contributed by atoms with E-state index in [1.807, 2.05) is 0 Å². The largest absolute Gasteiger partial charge is 0.378 e. The Kier molecular flexibility index (Phi) is 4.98. The Morgan fingerprint density at radius 1 is 1.59 bits per heavy atom. The van der Waals surface area contributed by atoms with Crippen molar-refractivity contribution < 1.29 is 4.74 Å². The summed E-state index contributed by atoms with van der Waals surface area (Å²) < 4.78 is 5.58. The van der Waals surface area contributed by atoms with Gasteiger partial charge in [-0.1, -0.05) is 0 Å². The first-order valence-corrected chi connectivity index (χ1v) is 7.35. The fourth-order valence-corrected chi connectivity index (χ4v) is 3.23. The van der Waals surface area contributed by atoms with Crippen LogP contribution in [0.4, 0.5) is 0 Å². The van der Waals surface area contributed by atoms with E-state index in [0.29, 0.717) is 12.1 Å². The van der Waals surface area contributed by atoms with E-state index in [1.165, 1.54) is 18.4 Å². The molecule has 1 heterocycles. The molecule has 1 aromatic rings. The number of thiophene rings is 1. The molecule has 0 bridgehead atoms. The summed E-state index contributed by atoms with van der Waals surface area (Å²) in [5.41, 5.74) is 4.34. The Bertz CT molecular complexity index is 309. The zero-order valence-electron chi connectivity index (χ0n) is 10.4. The Balaban J connectivity index is 1.70. The van der Waals surface area contributed by atoms with Crippen LogP contribution in [0.15, 0.2) is 16.8 Å². The first-order chi connectivity index (χ1) is 8.31. The summed E-state index contributed by atoms with van der Waals surface area (Å²) in [4.78, 5) is 0. The number of nitrogens with one attached hydrogen (secondary N) is 1. The zero-order chi connectivity index (χ0) is 12.1. The van der Waals surface area contributed by atoms with Crippen LogP contribution < -0.4 is 11.3 Å². The topological polar surface area (TPSA) is 47.3 Å². The lowest BCUT2D eigenvalue weighted by molar-refractivity contribution is -0.0290. The van der Waals surface area contributed by atoms with Crippen molar-refractivity contribution in [1.82, 2.24) is 5.43 Å². The molecule has 3 nitrogen and oxygen atoms in total. The van der Waals surface area contributed by atoms with Gasteiger partial charge in [0.05, 0.1) is 6.10 Å². The number of hydrogen-bond acceptors (Lipinski definition) is 4. The quantitative estimate of drug-likeness (QED) is 0.580. The number of hydrazine groups is 1. The molecule has 0 radical (unpaired) electrons. The van der Waals surface area contributed by atoms with E-state index in [0.717, 1.165) is 25.4 Å². The summed E-state index contributed by atoms with van der Waals surface area (Å²) in [6.07, 6.45) is 5.11. The van der Waals surface area contributed by atoms with Crippen molar-refractivity contribution in [2.45, 2.75) is 44.8 Å². The van der Waals surface area contributed by atoms with Gasteiger partial charge >= 0.3 is 0 Å². The van der Waals surface area contributed by atoms with Crippen molar-refractivity contribution in [2.75, 3.05) is 6.61 Å². The lowest BCUT2D eigenvalue weighted by Gasteiger charge is -2.36. The summed E-state index contributed by atoms with van der Waals surface area (Å²) in [6.45, 7) is 2.90. The molecule has 1 aliphatic carbocycles. The van der Waals surface area contributed by atoms with Crippen LogP contribution >= 0.6 is 11.3 Å². The number of nitrogens with two attached hydrogens (primary N) is 1. The zero-order valence-corrected chi connectivity index (χ0v) is 11.2. The molecule has 0 aromatic carbocycles. The predicted octanol–water partition coefficient (Wildman–Crippen LogP) is 2.33. The highest BCUT2D eigenvalue weighted by Crippen LogP contribution is 2.34. The highest BCUT2D eigenvalue weighted by molar-refractivity contribution is 7.07. The van der Waals surface area contributed by atoms with Gasteiger partial charge in [0.15, 0.2) is 0 Å². The minimum absolute atomic E-state index is 0.400. The summed E-state index contributed by atoms with van der Waals surface area (Å²) in [5.74, 6) is 6.42. The Morgan fingerprint density at radius 2 is 2.41 bits per heavy atom. The van der Waals surface area contributed by atoms with Gasteiger partial charge in [-0.05, 0) is 60.9 Å². The molecule has 0 amide bonds. The van der Waals surface area contributed by atoms with Crippen molar-refractivity contribution in [3.63, 3.8) is 0 Å². The molecule has 0 spiro atoms. The maximum Gasteiger partial charge on any atom is 0.0580 e. The van der Waals surface area contributed by atoms with Gasteiger partial charge in [0.2, 0.25) is 0 Å². The Hall–Kier alpha value is -0.420. The second-order valence-corrected chi connectivity index (χ2v) is 5.63. The van der Waals surface area contributed by atoms with Crippen LogP contribution in [0.25, 0.3) is 0 Å². The highest BCUT2D eigenvalue weighted by atomic mass is 32.1. The highest BCUT2D eigenvalue weighted by Gasteiger charge is 2.31. The van der Waals surface area contributed by atoms with Crippen molar-refractivity contribution in [3.8, 4) is 0 Å². The summed E-state index contributed by atoms with van der Waals surface area (Å²) in [5, 5.41) is 4.32. The smallest absolute Gasteiger partial charge is 0.0580 e. The van der Waals surface area contributed by atoms with E-state index in [9.17, 15) is 0 Å². The van der Waals surface area contributed by atoms with E-state index in [2.05, 4.69) is 29.2 Å². The second kappa shape index (κ2) is 6.50. The van der Waals surface area contributed by atoms with Gasteiger partial charge in [-0.2, -0.15) is 11.3 Å². The maximum atomic E-state index is 5.63. The van der Waals surface area contributed by atoms with Crippen molar-refractivity contribution in [2.24, 2.45) is 11.8 Å². The van der Waals surface area contributed by atoms with Crippen molar-refractivity contribution in [3.05, 3.63) is 22.4 Å². The average molecular weight is 254 g/mol. The normalized spacial score (nSPS) is 25.5. The molecule has 1 saturated carbocycles. The van der Waals surface area contributed by atoms with Gasteiger partial charge in [0.1, 0.15) is 0 Å². The third kappa shape index (κ3) is 3.78. The SMILES string of the molecule is CCOC1CC(CC(Cc2ccsc2)NN)C1. The number of ether oxygens (including phenoxy) is 1. The summed E-state index contributed by atoms with van der Waals surface area (Å²) in [7, 11) is 0. The summed E-state index contributed by atoms with van der Waals surface area (Å²) >= 11 is 1.75. The van der Waals surface area contributed by atoms with E-state index in [4.69, 9.17) is 10.6 Å². The molecule has 3 N–H and O–H groups in total. The van der Waals surface area contributed by atoms with E-state index < -0.39 is 0 Å². The van der Waals surface area contributed by atoms with Crippen LogP contribution in [-0.2, 0) is 11.2 Å². The third-order valence-corrected chi connectivity index (χ3v) is 4.24. The number of hydrogen-bond donors (Lipinski definition) is 2. The average Bonchev–Trinajstić information content (AvgIpc) is 2.77. The van der Waals surface area contributed by atoms with Crippen LogP contribution in [0.3, 0.4) is 0 Å². The fourth-order valence-electron chi connectivity index (χ4n) is 2.54. The molecule has 4 heteroatoms. The van der Waals surface area contributed by atoms with Crippen molar-refractivity contribution >= 4 is 11.3 Å². The molecule has 0 aliphatic heterocycles. The van der Waals surface area contributed by atoms with Crippen LogP contribution in [0.2, 0.25) is 0 Å². The molecule has 17 heavy (non-hydrogen) atoms. The van der Waals surface area contributed by atoms with Gasteiger partial charge in [0, 0.05) is 12.6 Å². The first kappa shape index (κ1) is 13.0. The molecule has 1 unspecified atom stereocenters. The molecule has 1 aliphatic rings. The van der Waals surface area contributed by atoms with Gasteiger partial charge in [-0.25, -0.2) is 0 Å². The fraction of sp³-hybridized carbons (Fsp3) is 0.692. The molecular weight excluding hydrogens is 232 g/mol. The third-order valence-electron chi connectivity index (χ3n) is 3.51. The second-order valence-electron chi connectivity index (χ2n) is 4.85. The minimum Gasteiger partial charge on any atom is -0.378 e. The van der Waals surface area contributed by atoms with Crippen LogP contribution in [0.1, 0.15) is 31.7 Å². The molecule has 2 rings (SSSR count). The standard InChI is InChI=1S/C13H22N2OS/c1-2-16-13-7-11(8-13)6-12(15-14)5-10-3-4-17-9-10/h3-4,9,11-13,15H,2,5-8,14H2,1H3. The van der Waals surface area contributed by atoms with Crippen LogP contribution in [0.5, 0.6) is 0 Å².